The fourth-order valence-corrected chi connectivity index (χ4v) is 3.96. The van der Waals surface area contributed by atoms with Gasteiger partial charge < -0.3 is 10.2 Å². The number of hydrogen-bond acceptors (Lipinski definition) is 3. The van der Waals surface area contributed by atoms with Crippen LogP contribution in [0.25, 0.3) is 5.69 Å². The fraction of sp³-hybridized carbons (Fsp3) is 0.385. The van der Waals surface area contributed by atoms with Gasteiger partial charge in [0.1, 0.15) is 5.82 Å². The molecule has 3 rings (SSSR count). The van der Waals surface area contributed by atoms with Gasteiger partial charge >= 0.3 is 6.03 Å². The zero-order chi connectivity index (χ0) is 24.0. The van der Waals surface area contributed by atoms with Gasteiger partial charge in [-0.15, -0.1) is 0 Å². The van der Waals surface area contributed by atoms with Crippen LogP contribution in [0.1, 0.15) is 49.1 Å². The first-order valence-corrected chi connectivity index (χ1v) is 11.9. The number of urea groups is 1. The summed E-state index contributed by atoms with van der Waals surface area (Å²) < 4.78 is 1.82. The molecule has 1 aromatic heterocycles. The first kappa shape index (κ1) is 24.8. The largest absolute Gasteiger partial charge is 0.324 e. The third kappa shape index (κ3) is 6.36. The molecule has 0 radical (unpaired) electrons. The third-order valence-electron chi connectivity index (χ3n) is 5.53. The van der Waals surface area contributed by atoms with Crippen LogP contribution in [0.3, 0.4) is 0 Å². The molecule has 33 heavy (non-hydrogen) atoms. The average molecular weight is 468 g/mol. The van der Waals surface area contributed by atoms with Gasteiger partial charge in [0, 0.05) is 12.6 Å². The Morgan fingerprint density at radius 1 is 1.09 bits per heavy atom. The maximum Gasteiger partial charge on any atom is 0.324 e. The molecule has 2 aromatic carbocycles. The van der Waals surface area contributed by atoms with E-state index in [0.29, 0.717) is 16.5 Å². The normalized spacial score (nSPS) is 11.1. The standard InChI is InChI=1S/C26H34ClN5O/c1-6-8-11-21-16-24(29-26(33)28-23-12-9-10-18(3)25(23)27)32(30-21)22-14-13-19(7-2)20(15-22)17-31(4)5/h9-10,12-16H,6-8,11,17H2,1-5H3,(H2,28,29,33). The molecular weight excluding hydrogens is 434 g/mol. The van der Waals surface area contributed by atoms with Gasteiger partial charge in [0.15, 0.2) is 0 Å². The van der Waals surface area contributed by atoms with Crippen molar-refractivity contribution in [2.24, 2.45) is 0 Å². The second-order valence-electron chi connectivity index (χ2n) is 8.60. The Hall–Kier alpha value is -2.83. The number of aryl methyl sites for hydroxylation is 3. The summed E-state index contributed by atoms with van der Waals surface area (Å²) in [6.07, 6.45) is 3.96. The highest BCUT2D eigenvalue weighted by Crippen LogP contribution is 2.26. The topological polar surface area (TPSA) is 62.2 Å². The van der Waals surface area contributed by atoms with Crippen LogP contribution in [0, 0.1) is 6.92 Å². The molecule has 3 aromatic rings. The zero-order valence-electron chi connectivity index (χ0n) is 20.2. The van der Waals surface area contributed by atoms with Gasteiger partial charge in [-0.25, -0.2) is 9.48 Å². The van der Waals surface area contributed by atoms with Crippen molar-refractivity contribution in [3.8, 4) is 5.69 Å². The Kier molecular flexibility index (Phi) is 8.53. The number of unbranched alkanes of at least 4 members (excludes halogenated alkanes) is 1. The van der Waals surface area contributed by atoms with Crippen molar-refractivity contribution < 1.29 is 4.79 Å². The Morgan fingerprint density at radius 3 is 2.58 bits per heavy atom. The van der Waals surface area contributed by atoms with Crippen molar-refractivity contribution in [1.29, 1.82) is 0 Å². The number of nitrogens with one attached hydrogen (secondary N) is 2. The molecule has 2 amide bonds. The molecule has 176 valence electrons. The molecule has 0 aliphatic heterocycles. The summed E-state index contributed by atoms with van der Waals surface area (Å²) in [4.78, 5) is 15.0. The molecule has 7 heteroatoms. The molecule has 6 nitrogen and oxygen atoms in total. The van der Waals surface area contributed by atoms with Crippen LogP contribution >= 0.6 is 11.6 Å². The van der Waals surface area contributed by atoms with E-state index in [1.54, 1.807) is 6.07 Å². The highest BCUT2D eigenvalue weighted by atomic mass is 35.5. The smallest absolute Gasteiger partial charge is 0.306 e. The molecule has 0 bridgehead atoms. The number of amides is 2. The lowest BCUT2D eigenvalue weighted by atomic mass is 10.0. The van der Waals surface area contributed by atoms with E-state index in [-0.39, 0.29) is 6.03 Å². The van der Waals surface area contributed by atoms with E-state index in [9.17, 15) is 4.79 Å². The zero-order valence-corrected chi connectivity index (χ0v) is 21.0. The van der Waals surface area contributed by atoms with Crippen LogP contribution in [0.2, 0.25) is 5.02 Å². The van der Waals surface area contributed by atoms with Gasteiger partial charge in [0.05, 0.1) is 22.1 Å². The summed E-state index contributed by atoms with van der Waals surface area (Å²) in [6.45, 7) is 7.08. The summed E-state index contributed by atoms with van der Waals surface area (Å²) in [6, 6.07) is 13.5. The molecule has 2 N–H and O–H groups in total. The number of benzene rings is 2. The van der Waals surface area contributed by atoms with Crippen molar-refractivity contribution in [1.82, 2.24) is 14.7 Å². The summed E-state index contributed by atoms with van der Waals surface area (Å²) >= 11 is 6.35. The van der Waals surface area contributed by atoms with Crippen LogP contribution in [-0.4, -0.2) is 34.8 Å². The van der Waals surface area contributed by atoms with Crippen LogP contribution < -0.4 is 10.6 Å². The predicted molar refractivity (Wildman–Crippen MR) is 138 cm³/mol. The highest BCUT2D eigenvalue weighted by Gasteiger charge is 2.15. The van der Waals surface area contributed by atoms with Gasteiger partial charge in [-0.3, -0.25) is 5.32 Å². The first-order valence-electron chi connectivity index (χ1n) is 11.5. The predicted octanol–water partition coefficient (Wildman–Crippen LogP) is 6.44. The number of carbonyl (C=O) groups excluding carboxylic acids is 1. The van der Waals surface area contributed by atoms with Gasteiger partial charge in [0.25, 0.3) is 0 Å². The Labute approximate surface area is 201 Å². The lowest BCUT2D eigenvalue weighted by Gasteiger charge is -2.16. The van der Waals surface area contributed by atoms with Crippen LogP contribution in [0.4, 0.5) is 16.3 Å². The minimum absolute atomic E-state index is 0.357. The Balaban J connectivity index is 1.93. The van der Waals surface area contributed by atoms with Gasteiger partial charge in [-0.2, -0.15) is 5.10 Å². The van der Waals surface area contributed by atoms with E-state index in [2.05, 4.69) is 61.7 Å². The van der Waals surface area contributed by atoms with Crippen molar-refractivity contribution in [2.75, 3.05) is 24.7 Å². The number of rotatable bonds is 9. The molecular formula is C26H34ClN5O. The first-order chi connectivity index (χ1) is 15.8. The minimum Gasteiger partial charge on any atom is -0.306 e. The summed E-state index contributed by atoms with van der Waals surface area (Å²) in [5, 5.41) is 11.2. The monoisotopic (exact) mass is 467 g/mol. The van der Waals surface area contributed by atoms with E-state index in [4.69, 9.17) is 16.7 Å². The molecule has 0 saturated carbocycles. The fourth-order valence-electron chi connectivity index (χ4n) is 3.79. The van der Waals surface area contributed by atoms with Crippen molar-refractivity contribution >= 4 is 29.1 Å². The number of carbonyl (C=O) groups is 1. The molecule has 1 heterocycles. The van der Waals surface area contributed by atoms with Gasteiger partial charge in [-0.1, -0.05) is 50.1 Å². The third-order valence-corrected chi connectivity index (χ3v) is 6.03. The quantitative estimate of drug-likeness (QED) is 0.380. The molecule has 0 spiro atoms. The lowest BCUT2D eigenvalue weighted by Crippen LogP contribution is -2.21. The van der Waals surface area contributed by atoms with E-state index in [1.807, 2.05) is 29.8 Å². The van der Waals surface area contributed by atoms with Crippen LogP contribution in [0.15, 0.2) is 42.5 Å². The van der Waals surface area contributed by atoms with Gasteiger partial charge in [-0.05, 0) is 75.2 Å². The molecule has 0 atom stereocenters. The molecule has 0 saturated heterocycles. The second-order valence-corrected chi connectivity index (χ2v) is 8.97. The second kappa shape index (κ2) is 11.3. The minimum atomic E-state index is -0.357. The number of aromatic nitrogens is 2. The van der Waals surface area contributed by atoms with Gasteiger partial charge in [0.2, 0.25) is 0 Å². The summed E-state index contributed by atoms with van der Waals surface area (Å²) in [5.74, 6) is 0.627. The van der Waals surface area contributed by atoms with Crippen LogP contribution in [-0.2, 0) is 19.4 Å². The maximum absolute atomic E-state index is 12.8. The summed E-state index contributed by atoms with van der Waals surface area (Å²) in [7, 11) is 4.13. The number of halogens is 1. The number of hydrogen-bond donors (Lipinski definition) is 2. The molecule has 0 aliphatic carbocycles. The molecule has 0 fully saturated rings. The van der Waals surface area contributed by atoms with E-state index < -0.39 is 0 Å². The number of nitrogens with zero attached hydrogens (tertiary/aromatic N) is 3. The Bertz CT molecular complexity index is 1110. The van der Waals surface area contributed by atoms with Crippen molar-refractivity contribution in [3.05, 3.63) is 69.9 Å². The Morgan fingerprint density at radius 2 is 1.88 bits per heavy atom. The molecule has 0 unspecified atom stereocenters. The molecule has 0 aliphatic rings. The van der Waals surface area contributed by atoms with E-state index in [0.717, 1.165) is 49.2 Å². The lowest BCUT2D eigenvalue weighted by molar-refractivity contribution is 0.262. The van der Waals surface area contributed by atoms with E-state index in [1.165, 1.54) is 11.1 Å². The van der Waals surface area contributed by atoms with E-state index >= 15 is 0 Å². The number of anilines is 2. The van der Waals surface area contributed by atoms with Crippen LogP contribution in [0.5, 0.6) is 0 Å². The highest BCUT2D eigenvalue weighted by molar-refractivity contribution is 6.34. The van der Waals surface area contributed by atoms with Crippen molar-refractivity contribution in [2.45, 2.75) is 53.0 Å². The maximum atomic E-state index is 12.8. The average Bonchev–Trinajstić information content (AvgIpc) is 3.17. The van der Waals surface area contributed by atoms with Crippen molar-refractivity contribution in [3.63, 3.8) is 0 Å². The SMILES string of the molecule is CCCCc1cc(NC(=O)Nc2cccc(C)c2Cl)n(-c2ccc(CC)c(CN(C)C)c2)n1. The summed E-state index contributed by atoms with van der Waals surface area (Å²) in [5.41, 5.74) is 5.93.